The molecular weight excluding hydrogens is 366 g/mol. The van der Waals surface area contributed by atoms with E-state index in [9.17, 15) is 4.79 Å². The zero-order valence-corrected chi connectivity index (χ0v) is 16.4. The lowest BCUT2D eigenvalue weighted by atomic mass is 9.99. The van der Waals surface area contributed by atoms with Gasteiger partial charge >= 0.3 is 0 Å². The van der Waals surface area contributed by atoms with Crippen LogP contribution in [0.2, 0.25) is 0 Å². The van der Waals surface area contributed by atoms with Crippen LogP contribution in [0.3, 0.4) is 0 Å². The van der Waals surface area contributed by atoms with E-state index >= 15 is 0 Å². The number of carbonyl (C=O) groups excluding carboxylic acids is 1. The first-order valence-electron chi connectivity index (χ1n) is 9.99. The number of carbonyl (C=O) groups is 1. The molecule has 0 aliphatic carbocycles. The van der Waals surface area contributed by atoms with Crippen molar-refractivity contribution in [3.63, 3.8) is 0 Å². The highest BCUT2D eigenvalue weighted by Gasteiger charge is 2.15. The van der Waals surface area contributed by atoms with Crippen LogP contribution in [0.1, 0.15) is 49.1 Å². The van der Waals surface area contributed by atoms with Crippen LogP contribution in [0.15, 0.2) is 54.6 Å². The summed E-state index contributed by atoms with van der Waals surface area (Å²) in [5.41, 5.74) is 6.53. The van der Waals surface area contributed by atoms with Crippen LogP contribution in [0.5, 0.6) is 0 Å². The van der Waals surface area contributed by atoms with Gasteiger partial charge < -0.3 is 9.72 Å². The number of hydroxylamine groups is 1. The summed E-state index contributed by atoms with van der Waals surface area (Å²) in [6.45, 7) is 2.80. The Bertz CT molecular complexity index is 955. The van der Waals surface area contributed by atoms with Crippen LogP contribution in [0.25, 0.3) is 17.1 Å². The summed E-state index contributed by atoms with van der Waals surface area (Å²) in [5, 5.41) is 0. The second-order valence-corrected chi connectivity index (χ2v) is 7.24. The Balaban J connectivity index is 1.34. The second kappa shape index (κ2) is 9.03. The molecule has 0 radical (unpaired) electrons. The molecule has 0 saturated carbocycles. The number of aromatic nitrogens is 2. The molecule has 4 rings (SSSR count). The minimum Gasteiger partial charge on any atom is -0.350 e. The van der Waals surface area contributed by atoms with Gasteiger partial charge in [-0.15, -0.1) is 0 Å². The van der Waals surface area contributed by atoms with E-state index in [0.717, 1.165) is 47.2 Å². The molecule has 2 N–H and O–H groups in total. The molecule has 1 aliphatic rings. The van der Waals surface area contributed by atoms with E-state index in [4.69, 9.17) is 9.57 Å². The SMILES string of the molecule is C[C@@H](c1ccc(C=CC(=O)NOC2CCCCO2)cc1)c1nc2ccccc2[nH]1. The number of nitrogens with zero attached hydrogens (tertiary/aromatic N) is 1. The van der Waals surface area contributed by atoms with E-state index in [1.807, 2.05) is 36.4 Å². The van der Waals surface area contributed by atoms with Crippen molar-refractivity contribution >= 4 is 23.0 Å². The molecular formula is C23H25N3O3. The number of imidazole rings is 1. The average Bonchev–Trinajstić information content (AvgIpc) is 3.21. The summed E-state index contributed by atoms with van der Waals surface area (Å²) in [6, 6.07) is 16.1. The zero-order valence-electron chi connectivity index (χ0n) is 16.4. The Labute approximate surface area is 169 Å². The predicted octanol–water partition coefficient (Wildman–Crippen LogP) is 4.30. The van der Waals surface area contributed by atoms with Crippen LogP contribution in [0, 0.1) is 0 Å². The van der Waals surface area contributed by atoms with Gasteiger partial charge in [0.05, 0.1) is 11.0 Å². The largest absolute Gasteiger partial charge is 0.350 e. The van der Waals surface area contributed by atoms with E-state index in [0.29, 0.717) is 6.61 Å². The molecule has 6 nitrogen and oxygen atoms in total. The normalized spacial score (nSPS) is 18.2. The van der Waals surface area contributed by atoms with Crippen molar-refractivity contribution in [1.29, 1.82) is 0 Å². The quantitative estimate of drug-likeness (QED) is 0.485. The number of para-hydroxylation sites is 2. The molecule has 2 heterocycles. The van der Waals surface area contributed by atoms with Gasteiger partial charge in [0, 0.05) is 25.0 Å². The summed E-state index contributed by atoms with van der Waals surface area (Å²) in [5.74, 6) is 0.780. The van der Waals surface area contributed by atoms with E-state index in [1.54, 1.807) is 6.08 Å². The van der Waals surface area contributed by atoms with Gasteiger partial charge in [0.25, 0.3) is 5.91 Å². The minimum absolute atomic E-state index is 0.146. The van der Waals surface area contributed by atoms with Crippen molar-refractivity contribution in [3.05, 3.63) is 71.6 Å². The van der Waals surface area contributed by atoms with Gasteiger partial charge in [-0.25, -0.2) is 15.3 Å². The lowest BCUT2D eigenvalue weighted by molar-refractivity contribution is -0.198. The van der Waals surface area contributed by atoms with Crippen molar-refractivity contribution in [1.82, 2.24) is 15.4 Å². The summed E-state index contributed by atoms with van der Waals surface area (Å²) in [6.07, 6.45) is 5.76. The van der Waals surface area contributed by atoms with Gasteiger partial charge in [0.1, 0.15) is 5.82 Å². The van der Waals surface area contributed by atoms with Crippen molar-refractivity contribution in [2.24, 2.45) is 0 Å². The summed E-state index contributed by atoms with van der Waals surface area (Å²) < 4.78 is 5.41. The number of benzene rings is 2. The standard InChI is InChI=1S/C23H25N3O3/c1-16(23-24-19-6-2-3-7-20(19)25-23)18-12-9-17(10-13-18)11-14-21(27)26-29-22-8-4-5-15-28-22/h2-3,6-7,9-14,16,22H,4-5,8,15H2,1H3,(H,24,25)(H,26,27)/t16-,22?/m0/s1. The summed E-state index contributed by atoms with van der Waals surface area (Å²) >= 11 is 0. The van der Waals surface area contributed by atoms with Crippen molar-refractivity contribution in [2.45, 2.75) is 38.4 Å². The number of H-pyrrole nitrogens is 1. The fraction of sp³-hybridized carbons (Fsp3) is 0.304. The molecule has 1 aliphatic heterocycles. The zero-order chi connectivity index (χ0) is 20.1. The smallest absolute Gasteiger partial charge is 0.267 e. The van der Waals surface area contributed by atoms with Gasteiger partial charge in [-0.1, -0.05) is 43.3 Å². The molecule has 1 aromatic heterocycles. The van der Waals surface area contributed by atoms with Crippen LogP contribution < -0.4 is 5.48 Å². The number of hydrogen-bond donors (Lipinski definition) is 2. The summed E-state index contributed by atoms with van der Waals surface area (Å²) in [7, 11) is 0. The van der Waals surface area contributed by atoms with Crippen molar-refractivity contribution in [3.8, 4) is 0 Å². The van der Waals surface area contributed by atoms with Gasteiger partial charge in [-0.2, -0.15) is 0 Å². The molecule has 1 amide bonds. The molecule has 0 bridgehead atoms. The number of amides is 1. The molecule has 6 heteroatoms. The second-order valence-electron chi connectivity index (χ2n) is 7.24. The maximum atomic E-state index is 11.9. The average molecular weight is 391 g/mol. The predicted molar refractivity (Wildman–Crippen MR) is 112 cm³/mol. The van der Waals surface area contributed by atoms with Crippen LogP contribution in [-0.2, 0) is 14.4 Å². The molecule has 150 valence electrons. The van der Waals surface area contributed by atoms with Gasteiger partial charge in [-0.3, -0.25) is 4.79 Å². The Hall–Kier alpha value is -2.96. The van der Waals surface area contributed by atoms with Crippen molar-refractivity contribution < 1.29 is 14.4 Å². The lowest BCUT2D eigenvalue weighted by Gasteiger charge is -2.21. The number of rotatable bonds is 6. The first-order valence-corrected chi connectivity index (χ1v) is 9.99. The Morgan fingerprint density at radius 2 is 2.07 bits per heavy atom. The highest BCUT2D eigenvalue weighted by atomic mass is 16.8. The number of nitrogens with one attached hydrogen (secondary N) is 2. The summed E-state index contributed by atoms with van der Waals surface area (Å²) in [4.78, 5) is 25.3. The van der Waals surface area contributed by atoms with Gasteiger partial charge in [0.2, 0.25) is 0 Å². The number of ether oxygens (including phenoxy) is 1. The molecule has 3 aromatic rings. The number of aromatic amines is 1. The third kappa shape index (κ3) is 4.91. The molecule has 2 aromatic carbocycles. The molecule has 1 fully saturated rings. The first kappa shape index (κ1) is 19.4. The molecule has 1 saturated heterocycles. The fourth-order valence-corrected chi connectivity index (χ4v) is 3.37. The van der Waals surface area contributed by atoms with E-state index in [2.05, 4.69) is 34.5 Å². The molecule has 2 atom stereocenters. The van der Waals surface area contributed by atoms with Crippen LogP contribution in [-0.4, -0.2) is 28.8 Å². The Kier molecular flexibility index (Phi) is 6.03. The van der Waals surface area contributed by atoms with Crippen LogP contribution in [0.4, 0.5) is 0 Å². The van der Waals surface area contributed by atoms with Gasteiger partial charge in [-0.05, 0) is 42.2 Å². The van der Waals surface area contributed by atoms with E-state index < -0.39 is 0 Å². The number of fused-ring (bicyclic) bond motifs is 1. The highest BCUT2D eigenvalue weighted by molar-refractivity contribution is 5.90. The van der Waals surface area contributed by atoms with Crippen LogP contribution >= 0.6 is 0 Å². The molecule has 0 spiro atoms. The van der Waals surface area contributed by atoms with Gasteiger partial charge in [0.15, 0.2) is 6.29 Å². The first-order chi connectivity index (χ1) is 14.2. The lowest BCUT2D eigenvalue weighted by Crippen LogP contribution is -2.32. The topological polar surface area (TPSA) is 76.2 Å². The Morgan fingerprint density at radius 1 is 1.24 bits per heavy atom. The fourth-order valence-electron chi connectivity index (χ4n) is 3.37. The monoisotopic (exact) mass is 391 g/mol. The molecule has 29 heavy (non-hydrogen) atoms. The van der Waals surface area contributed by atoms with E-state index in [-0.39, 0.29) is 18.1 Å². The maximum Gasteiger partial charge on any atom is 0.267 e. The minimum atomic E-state index is -0.347. The molecule has 1 unspecified atom stereocenters. The highest BCUT2D eigenvalue weighted by Crippen LogP contribution is 2.24. The van der Waals surface area contributed by atoms with E-state index in [1.165, 1.54) is 6.08 Å². The van der Waals surface area contributed by atoms with Crippen molar-refractivity contribution in [2.75, 3.05) is 6.61 Å². The maximum absolute atomic E-state index is 11.9. The number of hydrogen-bond acceptors (Lipinski definition) is 4. The Morgan fingerprint density at radius 3 is 2.83 bits per heavy atom. The third-order valence-corrected chi connectivity index (χ3v) is 5.11. The third-order valence-electron chi connectivity index (χ3n) is 5.11.